The number of nitrogens with two attached hydrogens (primary N) is 1. The third kappa shape index (κ3) is 2.35. The predicted octanol–water partition coefficient (Wildman–Crippen LogP) is 1.09. The van der Waals surface area contributed by atoms with Gasteiger partial charge in [-0.05, 0) is 6.08 Å². The molecule has 0 rings (SSSR count). The molecule has 0 saturated carbocycles. The molecular weight excluding hydrogens is 112 g/mol. The molecule has 0 unspecified atom stereocenters. The van der Waals surface area contributed by atoms with Crippen LogP contribution in [0.4, 0.5) is 0 Å². The standard InChI is InChI=1S/C7H8N2/c1-3-4-7(5-8)6(2)9/h3-4H,1-2,9H2/b7-4-. The molecule has 0 atom stereocenters. The van der Waals surface area contributed by atoms with Crippen molar-refractivity contribution in [1.29, 1.82) is 5.26 Å². The van der Waals surface area contributed by atoms with Gasteiger partial charge in [0.15, 0.2) is 0 Å². The van der Waals surface area contributed by atoms with Crippen LogP contribution in [0.2, 0.25) is 0 Å². The van der Waals surface area contributed by atoms with E-state index < -0.39 is 0 Å². The normalized spacial score (nSPS) is 9.89. The van der Waals surface area contributed by atoms with E-state index in [-0.39, 0.29) is 5.70 Å². The van der Waals surface area contributed by atoms with Gasteiger partial charge in [-0.25, -0.2) is 0 Å². The lowest BCUT2D eigenvalue weighted by molar-refractivity contribution is 1.36. The van der Waals surface area contributed by atoms with Gasteiger partial charge >= 0.3 is 0 Å². The third-order valence-electron chi connectivity index (χ3n) is 0.751. The molecule has 2 N–H and O–H groups in total. The van der Waals surface area contributed by atoms with Gasteiger partial charge < -0.3 is 5.73 Å². The van der Waals surface area contributed by atoms with E-state index in [0.29, 0.717) is 5.57 Å². The lowest BCUT2D eigenvalue weighted by atomic mass is 10.2. The first-order valence-electron chi connectivity index (χ1n) is 2.40. The molecule has 0 aliphatic heterocycles. The van der Waals surface area contributed by atoms with Crippen LogP contribution in [0.25, 0.3) is 0 Å². The lowest BCUT2D eigenvalue weighted by Gasteiger charge is -1.90. The summed E-state index contributed by atoms with van der Waals surface area (Å²) in [4.78, 5) is 0. The highest BCUT2D eigenvalue weighted by Gasteiger charge is 1.91. The van der Waals surface area contributed by atoms with Crippen LogP contribution in [0.5, 0.6) is 0 Å². The minimum atomic E-state index is 0.275. The summed E-state index contributed by atoms with van der Waals surface area (Å²) in [5.74, 6) is 0. The molecule has 0 spiro atoms. The molecule has 0 bridgehead atoms. The van der Waals surface area contributed by atoms with Gasteiger partial charge in [-0.3, -0.25) is 0 Å². The quantitative estimate of drug-likeness (QED) is 0.438. The Balaban J connectivity index is 4.38. The van der Waals surface area contributed by atoms with E-state index in [1.165, 1.54) is 12.2 Å². The molecule has 9 heavy (non-hydrogen) atoms. The van der Waals surface area contributed by atoms with Crippen LogP contribution in [0, 0.1) is 11.3 Å². The topological polar surface area (TPSA) is 49.8 Å². The number of allylic oxidation sites excluding steroid dienone is 3. The van der Waals surface area contributed by atoms with E-state index in [4.69, 9.17) is 11.0 Å². The van der Waals surface area contributed by atoms with Gasteiger partial charge in [-0.15, -0.1) is 0 Å². The Hall–Kier alpha value is -1.49. The van der Waals surface area contributed by atoms with Crippen LogP contribution < -0.4 is 5.73 Å². The van der Waals surface area contributed by atoms with Crippen molar-refractivity contribution in [3.8, 4) is 6.07 Å². The average Bonchev–Trinajstić information content (AvgIpc) is 1.82. The highest BCUT2D eigenvalue weighted by atomic mass is 14.6. The van der Waals surface area contributed by atoms with E-state index in [2.05, 4.69) is 13.2 Å². The van der Waals surface area contributed by atoms with Crippen LogP contribution in [0.15, 0.2) is 36.6 Å². The highest BCUT2D eigenvalue weighted by Crippen LogP contribution is 1.97. The minimum Gasteiger partial charge on any atom is -0.398 e. The molecule has 0 aliphatic carbocycles. The fourth-order valence-electron chi connectivity index (χ4n) is 0.334. The van der Waals surface area contributed by atoms with Gasteiger partial charge in [0.05, 0.1) is 5.57 Å². The van der Waals surface area contributed by atoms with Gasteiger partial charge in [0, 0.05) is 5.70 Å². The number of nitriles is 1. The van der Waals surface area contributed by atoms with E-state index in [9.17, 15) is 0 Å². The first kappa shape index (κ1) is 7.51. The Labute approximate surface area is 54.6 Å². The SMILES string of the molecule is C=C/C=C(/C#N)C(=C)N. The van der Waals surface area contributed by atoms with Gasteiger partial charge in [-0.1, -0.05) is 19.2 Å². The molecule has 0 aromatic heterocycles. The highest BCUT2D eigenvalue weighted by molar-refractivity contribution is 5.39. The summed E-state index contributed by atoms with van der Waals surface area (Å²) in [6.07, 6.45) is 3.01. The summed E-state index contributed by atoms with van der Waals surface area (Å²) in [5, 5.41) is 8.32. The second-order valence-corrected chi connectivity index (χ2v) is 1.45. The lowest BCUT2D eigenvalue weighted by Crippen LogP contribution is -1.96. The number of hydrogen-bond donors (Lipinski definition) is 1. The fraction of sp³-hybridized carbons (Fsp3) is 0. The van der Waals surface area contributed by atoms with Crippen molar-refractivity contribution in [1.82, 2.24) is 0 Å². The summed E-state index contributed by atoms with van der Waals surface area (Å²) in [6, 6.07) is 1.87. The van der Waals surface area contributed by atoms with Gasteiger partial charge in [0.2, 0.25) is 0 Å². The summed E-state index contributed by atoms with van der Waals surface area (Å²) in [5.41, 5.74) is 5.84. The van der Waals surface area contributed by atoms with Crippen LogP contribution >= 0.6 is 0 Å². The third-order valence-corrected chi connectivity index (χ3v) is 0.751. The van der Waals surface area contributed by atoms with Crippen molar-refractivity contribution in [2.45, 2.75) is 0 Å². The van der Waals surface area contributed by atoms with E-state index in [1.54, 1.807) is 0 Å². The van der Waals surface area contributed by atoms with Gasteiger partial charge in [0.1, 0.15) is 6.07 Å². The van der Waals surface area contributed by atoms with E-state index >= 15 is 0 Å². The second-order valence-electron chi connectivity index (χ2n) is 1.45. The molecule has 0 fully saturated rings. The second kappa shape index (κ2) is 3.50. The van der Waals surface area contributed by atoms with E-state index in [0.717, 1.165) is 0 Å². The van der Waals surface area contributed by atoms with Crippen molar-refractivity contribution in [2.75, 3.05) is 0 Å². The van der Waals surface area contributed by atoms with Crippen molar-refractivity contribution in [3.63, 3.8) is 0 Å². The number of hydrogen-bond acceptors (Lipinski definition) is 2. The molecular formula is C7H8N2. The molecule has 0 aromatic carbocycles. The Bertz CT molecular complexity index is 193. The van der Waals surface area contributed by atoms with Crippen molar-refractivity contribution >= 4 is 0 Å². The molecule has 2 nitrogen and oxygen atoms in total. The van der Waals surface area contributed by atoms with Crippen LogP contribution in [-0.4, -0.2) is 0 Å². The molecule has 0 heterocycles. The fourth-order valence-corrected chi connectivity index (χ4v) is 0.334. The summed E-state index contributed by atoms with van der Waals surface area (Å²) in [6.45, 7) is 6.79. The molecule has 0 radical (unpaired) electrons. The number of nitrogens with zero attached hydrogens (tertiary/aromatic N) is 1. The largest absolute Gasteiger partial charge is 0.398 e. The maximum absolute atomic E-state index is 8.32. The smallest absolute Gasteiger partial charge is 0.101 e. The summed E-state index contributed by atoms with van der Waals surface area (Å²) in [7, 11) is 0. The number of rotatable bonds is 2. The zero-order valence-corrected chi connectivity index (χ0v) is 5.09. The molecule has 0 saturated heterocycles. The Morgan fingerprint density at radius 2 is 2.22 bits per heavy atom. The zero-order chi connectivity index (χ0) is 7.28. The van der Waals surface area contributed by atoms with Crippen molar-refractivity contribution < 1.29 is 0 Å². The Morgan fingerprint density at radius 3 is 2.33 bits per heavy atom. The van der Waals surface area contributed by atoms with Gasteiger partial charge in [0.25, 0.3) is 0 Å². The average molecular weight is 120 g/mol. The maximum atomic E-state index is 8.32. The molecule has 0 amide bonds. The van der Waals surface area contributed by atoms with Crippen LogP contribution in [-0.2, 0) is 0 Å². The predicted molar refractivity (Wildman–Crippen MR) is 37.2 cm³/mol. The summed E-state index contributed by atoms with van der Waals surface area (Å²) < 4.78 is 0. The summed E-state index contributed by atoms with van der Waals surface area (Å²) >= 11 is 0. The minimum absolute atomic E-state index is 0.275. The van der Waals surface area contributed by atoms with Crippen molar-refractivity contribution in [2.24, 2.45) is 5.73 Å². The molecule has 0 aromatic rings. The molecule has 46 valence electrons. The first-order valence-corrected chi connectivity index (χ1v) is 2.40. The molecule has 0 aliphatic rings. The Morgan fingerprint density at radius 1 is 1.67 bits per heavy atom. The first-order chi connectivity index (χ1) is 4.22. The van der Waals surface area contributed by atoms with E-state index in [1.807, 2.05) is 6.07 Å². The maximum Gasteiger partial charge on any atom is 0.101 e. The Kier molecular flexibility index (Phi) is 2.92. The van der Waals surface area contributed by atoms with Crippen LogP contribution in [0.3, 0.4) is 0 Å². The van der Waals surface area contributed by atoms with Crippen molar-refractivity contribution in [3.05, 3.63) is 36.6 Å². The monoisotopic (exact) mass is 120 g/mol. The van der Waals surface area contributed by atoms with Crippen LogP contribution in [0.1, 0.15) is 0 Å². The van der Waals surface area contributed by atoms with Gasteiger partial charge in [-0.2, -0.15) is 5.26 Å². The molecule has 2 heteroatoms. The zero-order valence-electron chi connectivity index (χ0n) is 5.09.